The second kappa shape index (κ2) is 6.02. The highest BCUT2D eigenvalue weighted by molar-refractivity contribution is 4.90. The molecule has 1 rings (SSSR count). The Hall–Kier alpha value is -0.0800. The molecule has 1 aliphatic rings. The van der Waals surface area contributed by atoms with E-state index in [1.807, 2.05) is 0 Å². The third-order valence-electron chi connectivity index (χ3n) is 3.78. The molecular weight excluding hydrogens is 196 g/mol. The van der Waals surface area contributed by atoms with E-state index in [9.17, 15) is 0 Å². The highest BCUT2D eigenvalue weighted by Crippen LogP contribution is 2.30. The van der Waals surface area contributed by atoms with Gasteiger partial charge < -0.3 is 10.6 Å². The Balaban J connectivity index is 2.23. The van der Waals surface area contributed by atoms with Crippen LogP contribution >= 0.6 is 0 Å². The van der Waals surface area contributed by atoms with Crippen LogP contribution in [0.2, 0.25) is 0 Å². The standard InChI is InChI=1S/C14H30N2/c1-13(2,3)12-16-11-10-14(15-4)8-6-5-7-9-14/h15-16H,5-12H2,1-4H3. The van der Waals surface area contributed by atoms with Crippen LogP contribution in [-0.2, 0) is 0 Å². The summed E-state index contributed by atoms with van der Waals surface area (Å²) in [7, 11) is 2.13. The minimum atomic E-state index is 0.402. The molecule has 0 aliphatic heterocycles. The minimum Gasteiger partial charge on any atom is -0.316 e. The van der Waals surface area contributed by atoms with E-state index in [2.05, 4.69) is 38.5 Å². The summed E-state index contributed by atoms with van der Waals surface area (Å²) >= 11 is 0. The normalized spacial score (nSPS) is 21.0. The van der Waals surface area contributed by atoms with Crippen LogP contribution in [0.3, 0.4) is 0 Å². The van der Waals surface area contributed by atoms with Crippen LogP contribution < -0.4 is 10.6 Å². The van der Waals surface area contributed by atoms with E-state index in [1.54, 1.807) is 0 Å². The summed E-state index contributed by atoms with van der Waals surface area (Å²) in [5, 5.41) is 7.17. The van der Waals surface area contributed by atoms with E-state index in [1.165, 1.54) is 38.5 Å². The average molecular weight is 226 g/mol. The van der Waals surface area contributed by atoms with Gasteiger partial charge in [0, 0.05) is 5.54 Å². The molecule has 0 atom stereocenters. The Morgan fingerprint density at radius 3 is 2.19 bits per heavy atom. The van der Waals surface area contributed by atoms with E-state index in [-0.39, 0.29) is 0 Å². The number of nitrogens with one attached hydrogen (secondary N) is 2. The maximum absolute atomic E-state index is 3.59. The van der Waals surface area contributed by atoms with Gasteiger partial charge in [0.2, 0.25) is 0 Å². The zero-order valence-electron chi connectivity index (χ0n) is 11.7. The van der Waals surface area contributed by atoms with Crippen molar-refractivity contribution >= 4 is 0 Å². The van der Waals surface area contributed by atoms with Gasteiger partial charge in [-0.2, -0.15) is 0 Å². The van der Waals surface area contributed by atoms with Crippen LogP contribution in [0.15, 0.2) is 0 Å². The highest BCUT2D eigenvalue weighted by atomic mass is 15.0. The maximum atomic E-state index is 3.59. The molecule has 2 nitrogen and oxygen atoms in total. The quantitative estimate of drug-likeness (QED) is 0.704. The topological polar surface area (TPSA) is 24.1 Å². The molecule has 0 aromatic rings. The highest BCUT2D eigenvalue weighted by Gasteiger charge is 2.29. The maximum Gasteiger partial charge on any atom is 0.0190 e. The number of hydrogen-bond acceptors (Lipinski definition) is 2. The molecule has 96 valence electrons. The van der Waals surface area contributed by atoms with Crippen molar-refractivity contribution in [2.45, 2.75) is 64.8 Å². The van der Waals surface area contributed by atoms with Gasteiger partial charge in [-0.15, -0.1) is 0 Å². The van der Waals surface area contributed by atoms with Gasteiger partial charge in [-0.3, -0.25) is 0 Å². The Morgan fingerprint density at radius 2 is 1.69 bits per heavy atom. The van der Waals surface area contributed by atoms with E-state index in [4.69, 9.17) is 0 Å². The minimum absolute atomic E-state index is 0.402. The van der Waals surface area contributed by atoms with Crippen LogP contribution in [-0.4, -0.2) is 25.7 Å². The van der Waals surface area contributed by atoms with Crippen molar-refractivity contribution in [1.82, 2.24) is 10.6 Å². The van der Waals surface area contributed by atoms with E-state index in [0.29, 0.717) is 11.0 Å². The largest absolute Gasteiger partial charge is 0.316 e. The van der Waals surface area contributed by atoms with Gasteiger partial charge in [-0.1, -0.05) is 40.0 Å². The SMILES string of the molecule is CNC1(CCNCC(C)(C)C)CCCCC1. The second-order valence-corrected chi connectivity index (χ2v) is 6.58. The summed E-state index contributed by atoms with van der Waals surface area (Å²) in [6, 6.07) is 0. The molecule has 2 N–H and O–H groups in total. The van der Waals surface area contributed by atoms with Crippen LogP contribution in [0.4, 0.5) is 0 Å². The predicted molar refractivity (Wildman–Crippen MR) is 71.8 cm³/mol. The molecule has 2 heteroatoms. The van der Waals surface area contributed by atoms with Crippen molar-refractivity contribution < 1.29 is 0 Å². The first-order chi connectivity index (χ1) is 7.47. The van der Waals surface area contributed by atoms with Crippen LogP contribution in [0, 0.1) is 5.41 Å². The molecule has 0 bridgehead atoms. The molecule has 1 aliphatic carbocycles. The zero-order chi connectivity index (χ0) is 12.1. The van der Waals surface area contributed by atoms with Gasteiger partial charge in [0.1, 0.15) is 0 Å². The Bertz CT molecular complexity index is 187. The Labute approximate surface area is 102 Å². The van der Waals surface area contributed by atoms with Crippen molar-refractivity contribution in [3.63, 3.8) is 0 Å². The molecule has 0 saturated heterocycles. The predicted octanol–water partition coefficient (Wildman–Crippen LogP) is 2.93. The molecule has 0 radical (unpaired) electrons. The summed E-state index contributed by atoms with van der Waals surface area (Å²) in [6.45, 7) is 9.13. The van der Waals surface area contributed by atoms with Gasteiger partial charge >= 0.3 is 0 Å². The second-order valence-electron chi connectivity index (χ2n) is 6.58. The zero-order valence-corrected chi connectivity index (χ0v) is 11.7. The van der Waals surface area contributed by atoms with Crippen LogP contribution in [0.1, 0.15) is 59.3 Å². The number of rotatable bonds is 5. The van der Waals surface area contributed by atoms with Crippen molar-refractivity contribution in [3.05, 3.63) is 0 Å². The van der Waals surface area contributed by atoms with Crippen molar-refractivity contribution in [2.75, 3.05) is 20.1 Å². The molecule has 0 heterocycles. The third kappa shape index (κ3) is 4.84. The summed E-state index contributed by atoms with van der Waals surface area (Å²) in [5.41, 5.74) is 0.836. The van der Waals surface area contributed by atoms with Gasteiger partial charge in [0.05, 0.1) is 0 Å². The first-order valence-corrected chi connectivity index (χ1v) is 6.87. The van der Waals surface area contributed by atoms with Crippen molar-refractivity contribution in [3.8, 4) is 0 Å². The van der Waals surface area contributed by atoms with Crippen LogP contribution in [0.25, 0.3) is 0 Å². The lowest BCUT2D eigenvalue weighted by Crippen LogP contribution is -2.47. The fraction of sp³-hybridized carbons (Fsp3) is 1.00. The van der Waals surface area contributed by atoms with E-state index >= 15 is 0 Å². The first kappa shape index (κ1) is 14.0. The Morgan fingerprint density at radius 1 is 1.06 bits per heavy atom. The van der Waals surface area contributed by atoms with Crippen molar-refractivity contribution in [1.29, 1.82) is 0 Å². The molecule has 0 aromatic heterocycles. The third-order valence-corrected chi connectivity index (χ3v) is 3.78. The van der Waals surface area contributed by atoms with E-state index in [0.717, 1.165) is 13.1 Å². The van der Waals surface area contributed by atoms with Gasteiger partial charge in [-0.25, -0.2) is 0 Å². The lowest BCUT2D eigenvalue weighted by molar-refractivity contribution is 0.224. The lowest BCUT2D eigenvalue weighted by Gasteiger charge is -2.37. The first-order valence-electron chi connectivity index (χ1n) is 6.87. The smallest absolute Gasteiger partial charge is 0.0190 e. The summed E-state index contributed by atoms with van der Waals surface area (Å²) in [5.74, 6) is 0. The summed E-state index contributed by atoms with van der Waals surface area (Å²) < 4.78 is 0. The van der Waals surface area contributed by atoms with E-state index < -0.39 is 0 Å². The number of hydrogen-bond donors (Lipinski definition) is 2. The monoisotopic (exact) mass is 226 g/mol. The fourth-order valence-electron chi connectivity index (χ4n) is 2.64. The Kier molecular flexibility index (Phi) is 5.26. The summed E-state index contributed by atoms with van der Waals surface area (Å²) in [4.78, 5) is 0. The lowest BCUT2D eigenvalue weighted by atomic mass is 9.79. The molecule has 0 aromatic carbocycles. The molecule has 16 heavy (non-hydrogen) atoms. The molecule has 0 amide bonds. The summed E-state index contributed by atoms with van der Waals surface area (Å²) in [6.07, 6.45) is 8.24. The molecule has 0 spiro atoms. The van der Waals surface area contributed by atoms with Crippen molar-refractivity contribution in [2.24, 2.45) is 5.41 Å². The fourth-order valence-corrected chi connectivity index (χ4v) is 2.64. The van der Waals surface area contributed by atoms with Crippen LogP contribution in [0.5, 0.6) is 0 Å². The molecule has 0 unspecified atom stereocenters. The van der Waals surface area contributed by atoms with Gasteiger partial charge in [0.25, 0.3) is 0 Å². The average Bonchev–Trinajstić information content (AvgIpc) is 2.25. The van der Waals surface area contributed by atoms with Gasteiger partial charge in [0.15, 0.2) is 0 Å². The molecule has 1 saturated carbocycles. The van der Waals surface area contributed by atoms with Gasteiger partial charge in [-0.05, 0) is 44.8 Å². The molecular formula is C14H30N2. The molecule has 1 fully saturated rings.